The first-order valence-electron chi connectivity index (χ1n) is 7.46. The first-order valence-corrected chi connectivity index (χ1v) is 7.46. The van der Waals surface area contributed by atoms with Gasteiger partial charge in [-0.05, 0) is 42.2 Å². The molecule has 0 bridgehead atoms. The van der Waals surface area contributed by atoms with E-state index in [-0.39, 0.29) is 0 Å². The Kier molecular flexibility index (Phi) is 5.48. The van der Waals surface area contributed by atoms with Crippen molar-refractivity contribution in [3.8, 4) is 0 Å². The summed E-state index contributed by atoms with van der Waals surface area (Å²) < 4.78 is 0. The van der Waals surface area contributed by atoms with Crippen LogP contribution in [0, 0.1) is 0 Å². The summed E-state index contributed by atoms with van der Waals surface area (Å²) in [5.74, 6) is 0. The summed E-state index contributed by atoms with van der Waals surface area (Å²) in [5, 5.41) is 3.42. The van der Waals surface area contributed by atoms with Crippen LogP contribution in [0.2, 0.25) is 0 Å². The maximum Gasteiger partial charge on any atom is 0.0421 e. The van der Waals surface area contributed by atoms with Crippen molar-refractivity contribution in [1.29, 1.82) is 0 Å². The summed E-state index contributed by atoms with van der Waals surface area (Å²) in [7, 11) is 0. The Morgan fingerprint density at radius 3 is 2.40 bits per heavy atom. The molecule has 2 nitrogen and oxygen atoms in total. The first-order chi connectivity index (χ1) is 9.79. The van der Waals surface area contributed by atoms with E-state index in [9.17, 15) is 0 Å². The smallest absolute Gasteiger partial charge is 0.0421 e. The molecule has 0 saturated heterocycles. The molecule has 0 unspecified atom stereocenters. The van der Waals surface area contributed by atoms with Crippen molar-refractivity contribution in [1.82, 2.24) is 0 Å². The number of rotatable bonds is 7. The maximum atomic E-state index is 5.94. The Morgan fingerprint density at radius 2 is 1.70 bits per heavy atom. The SMILES string of the molecule is CCCCCc1ccc(NCc2ccccc2N)cc1. The summed E-state index contributed by atoms with van der Waals surface area (Å²) in [4.78, 5) is 0. The highest BCUT2D eigenvalue weighted by Crippen LogP contribution is 2.15. The maximum absolute atomic E-state index is 5.94. The van der Waals surface area contributed by atoms with Crippen LogP contribution in [-0.2, 0) is 13.0 Å². The molecular formula is C18H24N2. The van der Waals surface area contributed by atoms with Gasteiger partial charge in [0.25, 0.3) is 0 Å². The summed E-state index contributed by atoms with van der Waals surface area (Å²) in [5.41, 5.74) is 10.5. The predicted octanol–water partition coefficient (Wildman–Crippen LogP) is 4.61. The number of para-hydroxylation sites is 1. The van der Waals surface area contributed by atoms with Gasteiger partial charge in [0.2, 0.25) is 0 Å². The predicted molar refractivity (Wildman–Crippen MR) is 87.9 cm³/mol. The molecular weight excluding hydrogens is 244 g/mol. The fourth-order valence-corrected chi connectivity index (χ4v) is 2.26. The summed E-state index contributed by atoms with van der Waals surface area (Å²) >= 11 is 0. The monoisotopic (exact) mass is 268 g/mol. The molecule has 0 amide bonds. The van der Waals surface area contributed by atoms with Crippen LogP contribution in [0.3, 0.4) is 0 Å². The van der Waals surface area contributed by atoms with Gasteiger partial charge in [-0.25, -0.2) is 0 Å². The minimum absolute atomic E-state index is 0.766. The van der Waals surface area contributed by atoms with Gasteiger partial charge in [0, 0.05) is 17.9 Å². The van der Waals surface area contributed by atoms with E-state index in [1.54, 1.807) is 0 Å². The second-order valence-corrected chi connectivity index (χ2v) is 5.21. The molecule has 2 aromatic rings. The van der Waals surface area contributed by atoms with Crippen LogP contribution in [0.25, 0.3) is 0 Å². The fraction of sp³-hybridized carbons (Fsp3) is 0.333. The van der Waals surface area contributed by atoms with Crippen LogP contribution in [0.4, 0.5) is 11.4 Å². The van der Waals surface area contributed by atoms with Gasteiger partial charge < -0.3 is 11.1 Å². The molecule has 0 heterocycles. The molecule has 20 heavy (non-hydrogen) atoms. The zero-order valence-corrected chi connectivity index (χ0v) is 12.2. The number of hydrogen-bond donors (Lipinski definition) is 2. The van der Waals surface area contributed by atoms with Gasteiger partial charge in [-0.2, -0.15) is 0 Å². The topological polar surface area (TPSA) is 38.0 Å². The second kappa shape index (κ2) is 7.59. The molecule has 3 N–H and O–H groups in total. The third-order valence-electron chi connectivity index (χ3n) is 3.56. The lowest BCUT2D eigenvalue weighted by atomic mass is 10.1. The summed E-state index contributed by atoms with van der Waals surface area (Å²) in [6, 6.07) is 16.7. The summed E-state index contributed by atoms with van der Waals surface area (Å²) in [6.07, 6.45) is 5.05. The highest BCUT2D eigenvalue weighted by atomic mass is 14.9. The largest absolute Gasteiger partial charge is 0.398 e. The highest BCUT2D eigenvalue weighted by molar-refractivity contribution is 5.50. The zero-order valence-electron chi connectivity index (χ0n) is 12.2. The van der Waals surface area contributed by atoms with E-state index in [1.165, 1.54) is 31.2 Å². The van der Waals surface area contributed by atoms with E-state index in [4.69, 9.17) is 5.73 Å². The van der Waals surface area contributed by atoms with Crippen molar-refractivity contribution in [2.45, 2.75) is 39.2 Å². The van der Waals surface area contributed by atoms with Crippen LogP contribution >= 0.6 is 0 Å². The van der Waals surface area contributed by atoms with Gasteiger partial charge in [-0.3, -0.25) is 0 Å². The number of nitrogens with two attached hydrogens (primary N) is 1. The standard InChI is InChI=1S/C18H24N2/c1-2-3-4-7-15-10-12-17(13-11-15)20-14-16-8-5-6-9-18(16)19/h5-6,8-13,20H,2-4,7,14,19H2,1H3. The number of hydrogen-bond acceptors (Lipinski definition) is 2. The van der Waals surface area contributed by atoms with Crippen LogP contribution in [0.15, 0.2) is 48.5 Å². The molecule has 0 aliphatic carbocycles. The number of anilines is 2. The van der Waals surface area contributed by atoms with Crippen molar-refractivity contribution in [2.24, 2.45) is 0 Å². The number of unbranched alkanes of at least 4 members (excludes halogenated alkanes) is 2. The molecule has 2 rings (SSSR count). The molecule has 0 spiro atoms. The Morgan fingerprint density at radius 1 is 0.950 bits per heavy atom. The molecule has 0 aliphatic rings. The summed E-state index contributed by atoms with van der Waals surface area (Å²) in [6.45, 7) is 3.00. The van der Waals surface area contributed by atoms with Crippen molar-refractivity contribution in [3.05, 3.63) is 59.7 Å². The Hall–Kier alpha value is -1.96. The van der Waals surface area contributed by atoms with Gasteiger partial charge in [0.1, 0.15) is 0 Å². The Labute approximate surface area is 122 Å². The van der Waals surface area contributed by atoms with E-state index >= 15 is 0 Å². The van der Waals surface area contributed by atoms with E-state index in [1.807, 2.05) is 18.2 Å². The van der Waals surface area contributed by atoms with Gasteiger partial charge >= 0.3 is 0 Å². The molecule has 0 radical (unpaired) electrons. The van der Waals surface area contributed by atoms with Crippen molar-refractivity contribution in [3.63, 3.8) is 0 Å². The van der Waals surface area contributed by atoms with Gasteiger partial charge in [0.05, 0.1) is 0 Å². The first kappa shape index (κ1) is 14.4. The van der Waals surface area contributed by atoms with Crippen LogP contribution in [0.1, 0.15) is 37.3 Å². The number of benzene rings is 2. The van der Waals surface area contributed by atoms with E-state index in [0.717, 1.165) is 23.5 Å². The van der Waals surface area contributed by atoms with Crippen LogP contribution < -0.4 is 11.1 Å². The molecule has 0 fully saturated rings. The van der Waals surface area contributed by atoms with E-state index < -0.39 is 0 Å². The van der Waals surface area contributed by atoms with E-state index in [2.05, 4.69) is 42.6 Å². The number of aryl methyl sites for hydroxylation is 1. The van der Waals surface area contributed by atoms with Gasteiger partial charge in [0.15, 0.2) is 0 Å². The highest BCUT2D eigenvalue weighted by Gasteiger charge is 1.98. The average molecular weight is 268 g/mol. The molecule has 0 saturated carbocycles. The zero-order chi connectivity index (χ0) is 14.2. The third kappa shape index (κ3) is 4.30. The third-order valence-corrected chi connectivity index (χ3v) is 3.56. The Balaban J connectivity index is 1.86. The van der Waals surface area contributed by atoms with Crippen LogP contribution in [-0.4, -0.2) is 0 Å². The lowest BCUT2D eigenvalue weighted by Gasteiger charge is -2.09. The van der Waals surface area contributed by atoms with E-state index in [0.29, 0.717) is 0 Å². The van der Waals surface area contributed by atoms with Crippen molar-refractivity contribution in [2.75, 3.05) is 11.1 Å². The second-order valence-electron chi connectivity index (χ2n) is 5.21. The quantitative estimate of drug-likeness (QED) is 0.568. The number of nitrogens with one attached hydrogen (secondary N) is 1. The minimum atomic E-state index is 0.766. The average Bonchev–Trinajstić information content (AvgIpc) is 2.48. The molecule has 2 heteroatoms. The lowest BCUT2D eigenvalue weighted by molar-refractivity contribution is 0.717. The normalized spacial score (nSPS) is 10.4. The fourth-order valence-electron chi connectivity index (χ4n) is 2.26. The van der Waals surface area contributed by atoms with Crippen molar-refractivity contribution < 1.29 is 0 Å². The minimum Gasteiger partial charge on any atom is -0.398 e. The molecule has 0 atom stereocenters. The van der Waals surface area contributed by atoms with Crippen LogP contribution in [0.5, 0.6) is 0 Å². The molecule has 0 aromatic heterocycles. The lowest BCUT2D eigenvalue weighted by Crippen LogP contribution is -2.02. The van der Waals surface area contributed by atoms with Gasteiger partial charge in [-0.15, -0.1) is 0 Å². The molecule has 2 aromatic carbocycles. The van der Waals surface area contributed by atoms with Crippen molar-refractivity contribution >= 4 is 11.4 Å². The molecule has 0 aliphatic heterocycles. The Bertz CT molecular complexity index is 517. The van der Waals surface area contributed by atoms with Gasteiger partial charge in [-0.1, -0.05) is 50.1 Å². The molecule has 106 valence electrons. The number of nitrogen functional groups attached to an aromatic ring is 1.